The molecule has 0 bridgehead atoms. The number of hydrogen-bond acceptors (Lipinski definition) is 3. The molecule has 0 amide bonds. The number of rotatable bonds is 7. The molecule has 0 heterocycles. The van der Waals surface area contributed by atoms with Gasteiger partial charge < -0.3 is 15.2 Å². The molecule has 0 spiro atoms. The minimum Gasteiger partial charge on any atom is -0.490 e. The summed E-state index contributed by atoms with van der Waals surface area (Å²) in [6.45, 7) is 3.05. The quantitative estimate of drug-likeness (QED) is 0.757. The second kappa shape index (κ2) is 8.05. The summed E-state index contributed by atoms with van der Waals surface area (Å²) in [6.07, 6.45) is 0.885. The highest BCUT2D eigenvalue weighted by Gasteiger charge is 2.09. The average molecular weight is 350 g/mol. The first-order chi connectivity index (χ1) is 10.2. The van der Waals surface area contributed by atoms with Gasteiger partial charge in [0.05, 0.1) is 0 Å². The Hall–Kier alpha value is -1.52. The Bertz CT molecular complexity index is 557. The van der Waals surface area contributed by atoms with Crippen molar-refractivity contribution >= 4 is 15.9 Å². The van der Waals surface area contributed by atoms with Gasteiger partial charge in [-0.25, -0.2) is 0 Å². The van der Waals surface area contributed by atoms with E-state index in [1.54, 1.807) is 0 Å². The average Bonchev–Trinajstić information content (AvgIpc) is 2.53. The lowest BCUT2D eigenvalue weighted by Gasteiger charge is -2.15. The molecule has 0 radical (unpaired) electrons. The summed E-state index contributed by atoms with van der Waals surface area (Å²) in [7, 11) is 0. The van der Waals surface area contributed by atoms with Crippen LogP contribution in [-0.4, -0.2) is 13.2 Å². The van der Waals surface area contributed by atoms with Gasteiger partial charge in [0.1, 0.15) is 24.7 Å². The fraction of sp³-hybridized carbons (Fsp3) is 0.294. The molecule has 0 saturated heterocycles. The van der Waals surface area contributed by atoms with E-state index >= 15 is 0 Å². The molecule has 21 heavy (non-hydrogen) atoms. The zero-order valence-electron chi connectivity index (χ0n) is 12.1. The first-order valence-electron chi connectivity index (χ1n) is 7.06. The lowest BCUT2D eigenvalue weighted by atomic mass is 10.0. The molecule has 2 rings (SSSR count). The lowest BCUT2D eigenvalue weighted by Crippen LogP contribution is -2.13. The highest BCUT2D eigenvalue weighted by Crippen LogP contribution is 2.25. The van der Waals surface area contributed by atoms with Gasteiger partial charge in [-0.05, 0) is 36.8 Å². The Balaban J connectivity index is 1.85. The van der Waals surface area contributed by atoms with E-state index in [4.69, 9.17) is 15.2 Å². The molecule has 4 heteroatoms. The molecule has 2 N–H and O–H groups in total. The van der Waals surface area contributed by atoms with Crippen LogP contribution in [0.1, 0.15) is 24.9 Å². The van der Waals surface area contributed by atoms with Gasteiger partial charge >= 0.3 is 0 Å². The van der Waals surface area contributed by atoms with Crippen LogP contribution in [0, 0.1) is 0 Å². The third kappa shape index (κ3) is 4.76. The zero-order chi connectivity index (χ0) is 15.1. The summed E-state index contributed by atoms with van der Waals surface area (Å²) < 4.78 is 12.5. The number of benzene rings is 2. The summed E-state index contributed by atoms with van der Waals surface area (Å²) in [5.74, 6) is 1.67. The van der Waals surface area contributed by atoms with Crippen molar-refractivity contribution in [1.82, 2.24) is 0 Å². The van der Waals surface area contributed by atoms with Gasteiger partial charge in [-0.15, -0.1) is 0 Å². The molecular formula is C17H20BrNO2. The Morgan fingerprint density at radius 2 is 1.67 bits per heavy atom. The van der Waals surface area contributed by atoms with E-state index in [1.165, 1.54) is 0 Å². The molecule has 0 aromatic heterocycles. The molecule has 1 unspecified atom stereocenters. The Kier molecular flexibility index (Phi) is 6.08. The number of hydrogen-bond donors (Lipinski definition) is 1. The lowest BCUT2D eigenvalue weighted by molar-refractivity contribution is 0.215. The van der Waals surface area contributed by atoms with E-state index in [1.807, 2.05) is 48.5 Å². The number of halogens is 1. The first kappa shape index (κ1) is 15.9. The normalized spacial score (nSPS) is 12.0. The number of nitrogens with two attached hydrogens (primary N) is 1. The number of ether oxygens (including phenoxy) is 2. The largest absolute Gasteiger partial charge is 0.490 e. The summed E-state index contributed by atoms with van der Waals surface area (Å²) >= 11 is 3.39. The van der Waals surface area contributed by atoms with Gasteiger partial charge in [0.15, 0.2) is 0 Å². The zero-order valence-corrected chi connectivity index (χ0v) is 13.7. The van der Waals surface area contributed by atoms with E-state index in [-0.39, 0.29) is 6.04 Å². The first-order valence-corrected chi connectivity index (χ1v) is 7.85. The minimum absolute atomic E-state index is 0.00796. The highest BCUT2D eigenvalue weighted by atomic mass is 79.9. The van der Waals surface area contributed by atoms with Crippen molar-refractivity contribution in [2.24, 2.45) is 5.73 Å². The minimum atomic E-state index is 0.00796. The molecule has 0 aliphatic carbocycles. The van der Waals surface area contributed by atoms with E-state index in [0.29, 0.717) is 13.2 Å². The summed E-state index contributed by atoms with van der Waals surface area (Å²) in [5.41, 5.74) is 7.13. The van der Waals surface area contributed by atoms with Gasteiger partial charge in [-0.3, -0.25) is 0 Å². The summed E-state index contributed by atoms with van der Waals surface area (Å²) in [4.78, 5) is 0. The molecule has 2 aromatic carbocycles. The molecule has 0 aliphatic heterocycles. The second-order valence-electron chi connectivity index (χ2n) is 4.70. The van der Waals surface area contributed by atoms with Crippen molar-refractivity contribution in [2.75, 3.05) is 13.2 Å². The van der Waals surface area contributed by atoms with Crippen molar-refractivity contribution in [3.8, 4) is 11.5 Å². The monoisotopic (exact) mass is 349 g/mol. The van der Waals surface area contributed by atoms with Crippen molar-refractivity contribution < 1.29 is 9.47 Å². The highest BCUT2D eigenvalue weighted by molar-refractivity contribution is 9.10. The smallest absolute Gasteiger partial charge is 0.124 e. The van der Waals surface area contributed by atoms with Crippen LogP contribution in [0.2, 0.25) is 0 Å². The van der Waals surface area contributed by atoms with Crippen LogP contribution in [0.15, 0.2) is 53.0 Å². The van der Waals surface area contributed by atoms with Crippen LogP contribution in [-0.2, 0) is 0 Å². The predicted octanol–water partition coefficient (Wildman–Crippen LogP) is 4.32. The van der Waals surface area contributed by atoms with Crippen molar-refractivity contribution in [2.45, 2.75) is 19.4 Å². The maximum absolute atomic E-state index is 6.09. The van der Waals surface area contributed by atoms with E-state index in [2.05, 4.69) is 22.9 Å². The van der Waals surface area contributed by atoms with Crippen LogP contribution in [0.3, 0.4) is 0 Å². The molecular weight excluding hydrogens is 330 g/mol. The van der Waals surface area contributed by atoms with E-state index in [9.17, 15) is 0 Å². The Morgan fingerprint density at radius 1 is 1.00 bits per heavy atom. The van der Waals surface area contributed by atoms with Crippen LogP contribution in [0.5, 0.6) is 11.5 Å². The van der Waals surface area contributed by atoms with E-state index < -0.39 is 0 Å². The third-order valence-electron chi connectivity index (χ3n) is 3.18. The molecule has 0 fully saturated rings. The molecule has 112 valence electrons. The predicted molar refractivity (Wildman–Crippen MR) is 88.8 cm³/mol. The van der Waals surface area contributed by atoms with Crippen LogP contribution in [0.25, 0.3) is 0 Å². The maximum atomic E-state index is 6.09. The van der Waals surface area contributed by atoms with Gasteiger partial charge in [-0.2, -0.15) is 0 Å². The van der Waals surface area contributed by atoms with Gasteiger partial charge in [-0.1, -0.05) is 41.1 Å². The van der Waals surface area contributed by atoms with Gasteiger partial charge in [0.25, 0.3) is 0 Å². The standard InChI is InChI=1S/C17H20BrNO2/c1-2-16(19)15-5-3-4-6-17(15)21-12-11-20-14-9-7-13(18)8-10-14/h3-10,16H,2,11-12,19H2,1H3. The molecule has 3 nitrogen and oxygen atoms in total. The molecule has 2 aromatic rings. The molecule has 0 aliphatic rings. The fourth-order valence-corrected chi connectivity index (χ4v) is 2.24. The second-order valence-corrected chi connectivity index (χ2v) is 5.62. The van der Waals surface area contributed by atoms with Crippen molar-refractivity contribution in [3.63, 3.8) is 0 Å². The van der Waals surface area contributed by atoms with Crippen LogP contribution >= 0.6 is 15.9 Å². The van der Waals surface area contributed by atoms with Gasteiger partial charge in [0.2, 0.25) is 0 Å². The third-order valence-corrected chi connectivity index (χ3v) is 3.71. The molecule has 0 saturated carbocycles. The van der Waals surface area contributed by atoms with Crippen molar-refractivity contribution in [1.29, 1.82) is 0 Å². The Morgan fingerprint density at radius 3 is 2.38 bits per heavy atom. The van der Waals surface area contributed by atoms with E-state index in [0.717, 1.165) is 28.0 Å². The Labute approximate surface area is 134 Å². The van der Waals surface area contributed by atoms with Crippen LogP contribution < -0.4 is 15.2 Å². The summed E-state index contributed by atoms with van der Waals surface area (Å²) in [5, 5.41) is 0. The SMILES string of the molecule is CCC(N)c1ccccc1OCCOc1ccc(Br)cc1. The molecule has 1 atom stereocenters. The maximum Gasteiger partial charge on any atom is 0.124 e. The topological polar surface area (TPSA) is 44.5 Å². The van der Waals surface area contributed by atoms with Gasteiger partial charge in [0, 0.05) is 16.1 Å². The van der Waals surface area contributed by atoms with Crippen molar-refractivity contribution in [3.05, 3.63) is 58.6 Å². The fourth-order valence-electron chi connectivity index (χ4n) is 1.98. The summed E-state index contributed by atoms with van der Waals surface area (Å²) in [6, 6.07) is 15.7. The van der Waals surface area contributed by atoms with Crippen LogP contribution in [0.4, 0.5) is 0 Å². The number of para-hydroxylation sites is 1.